The van der Waals surface area contributed by atoms with E-state index in [0.717, 1.165) is 28.4 Å². The van der Waals surface area contributed by atoms with Crippen LogP contribution in [0.2, 0.25) is 0 Å². The van der Waals surface area contributed by atoms with Gasteiger partial charge in [-0.1, -0.05) is 0 Å². The number of fused-ring (bicyclic) bond motifs is 1. The molecule has 1 aliphatic heterocycles. The van der Waals surface area contributed by atoms with E-state index >= 15 is 0 Å². The molecule has 0 aliphatic carbocycles. The summed E-state index contributed by atoms with van der Waals surface area (Å²) in [6.45, 7) is 6.66. The van der Waals surface area contributed by atoms with E-state index in [1.54, 1.807) is 7.11 Å². The number of nitrogens with zero attached hydrogens (tertiary/aromatic N) is 3. The van der Waals surface area contributed by atoms with Gasteiger partial charge in [-0.3, -0.25) is 4.68 Å². The number of ether oxygens (including phenoxy) is 3. The van der Waals surface area contributed by atoms with E-state index in [1.165, 1.54) is 0 Å². The molecule has 0 spiro atoms. The maximum absolute atomic E-state index is 5.87. The van der Waals surface area contributed by atoms with Crippen molar-refractivity contribution in [3.63, 3.8) is 0 Å². The number of aromatic nitrogens is 3. The number of methoxy groups -OCH3 is 1. The highest BCUT2D eigenvalue weighted by Gasteiger charge is 2.23. The monoisotopic (exact) mass is 341 g/mol. The topological polar surface area (TPSA) is 71.5 Å². The quantitative estimate of drug-likeness (QED) is 0.725. The van der Waals surface area contributed by atoms with Crippen molar-refractivity contribution in [2.45, 2.75) is 27.3 Å². The molecule has 130 valence electrons. The highest BCUT2D eigenvalue weighted by Crippen LogP contribution is 2.44. The molecule has 0 fully saturated rings. The van der Waals surface area contributed by atoms with E-state index in [2.05, 4.69) is 10.1 Å². The molecule has 1 aliphatic rings. The first-order valence-corrected chi connectivity index (χ1v) is 8.00. The average molecular weight is 341 g/mol. The molecule has 2 aromatic heterocycles. The smallest absolute Gasteiger partial charge is 0.231 e. The summed E-state index contributed by atoms with van der Waals surface area (Å²) in [7, 11) is 1.59. The van der Waals surface area contributed by atoms with Gasteiger partial charge in [-0.2, -0.15) is 5.10 Å². The van der Waals surface area contributed by atoms with Crippen LogP contribution in [-0.2, 0) is 6.54 Å². The lowest BCUT2D eigenvalue weighted by Gasteiger charge is -2.06. The summed E-state index contributed by atoms with van der Waals surface area (Å²) < 4.78 is 24.1. The lowest BCUT2D eigenvalue weighted by Crippen LogP contribution is -2.05. The Morgan fingerprint density at radius 1 is 1.16 bits per heavy atom. The van der Waals surface area contributed by atoms with Gasteiger partial charge in [-0.15, -0.1) is 0 Å². The molecule has 7 heteroatoms. The molecule has 0 N–H and O–H groups in total. The van der Waals surface area contributed by atoms with Gasteiger partial charge in [-0.25, -0.2) is 4.98 Å². The van der Waals surface area contributed by atoms with Crippen molar-refractivity contribution in [3.05, 3.63) is 41.0 Å². The minimum atomic E-state index is 0.183. The van der Waals surface area contributed by atoms with E-state index in [9.17, 15) is 0 Å². The van der Waals surface area contributed by atoms with E-state index in [-0.39, 0.29) is 6.79 Å². The normalized spacial score (nSPS) is 12.6. The number of oxazole rings is 1. The van der Waals surface area contributed by atoms with Gasteiger partial charge < -0.3 is 18.6 Å². The summed E-state index contributed by atoms with van der Waals surface area (Å²) in [5.74, 6) is 3.12. The fraction of sp³-hybridized carbons (Fsp3) is 0.333. The zero-order chi connectivity index (χ0) is 17.6. The van der Waals surface area contributed by atoms with Crippen LogP contribution in [0.5, 0.6) is 17.2 Å². The van der Waals surface area contributed by atoms with Gasteiger partial charge in [-0.05, 0) is 39.0 Å². The molecule has 0 amide bonds. The Bertz CT molecular complexity index is 942. The Balaban J connectivity index is 1.70. The van der Waals surface area contributed by atoms with Crippen molar-refractivity contribution in [2.75, 3.05) is 13.9 Å². The Kier molecular flexibility index (Phi) is 3.63. The fourth-order valence-electron chi connectivity index (χ4n) is 2.93. The first-order chi connectivity index (χ1) is 12.0. The molecular weight excluding hydrogens is 322 g/mol. The summed E-state index contributed by atoms with van der Waals surface area (Å²) in [4.78, 5) is 4.65. The van der Waals surface area contributed by atoms with Crippen LogP contribution in [0, 0.1) is 20.8 Å². The Labute approximate surface area is 145 Å². The molecular formula is C18H19N3O4. The molecule has 0 radical (unpaired) electrons. The van der Waals surface area contributed by atoms with Gasteiger partial charge >= 0.3 is 0 Å². The van der Waals surface area contributed by atoms with Crippen LogP contribution in [0.25, 0.3) is 11.5 Å². The highest BCUT2D eigenvalue weighted by molar-refractivity contribution is 5.66. The van der Waals surface area contributed by atoms with Crippen LogP contribution in [-0.4, -0.2) is 28.7 Å². The van der Waals surface area contributed by atoms with Crippen molar-refractivity contribution in [2.24, 2.45) is 0 Å². The molecule has 0 bridgehead atoms. The van der Waals surface area contributed by atoms with Gasteiger partial charge in [0.1, 0.15) is 11.5 Å². The SMILES string of the molecule is COc1cc(-c2nc(Cn3nc(C)cc3C)c(C)o2)cc2c1OCO2. The summed E-state index contributed by atoms with van der Waals surface area (Å²) in [6, 6.07) is 5.73. The molecule has 25 heavy (non-hydrogen) atoms. The number of aryl methyl sites for hydroxylation is 3. The summed E-state index contributed by atoms with van der Waals surface area (Å²) in [6.07, 6.45) is 0. The molecule has 0 unspecified atom stereocenters. The van der Waals surface area contributed by atoms with Gasteiger partial charge in [0, 0.05) is 11.3 Å². The van der Waals surface area contributed by atoms with Crippen LogP contribution in [0.4, 0.5) is 0 Å². The Morgan fingerprint density at radius 2 is 2.00 bits per heavy atom. The number of hydrogen-bond acceptors (Lipinski definition) is 6. The molecule has 4 rings (SSSR count). The number of rotatable bonds is 4. The zero-order valence-corrected chi connectivity index (χ0v) is 14.6. The third-order valence-corrected chi connectivity index (χ3v) is 4.20. The van der Waals surface area contributed by atoms with Crippen molar-refractivity contribution in [1.29, 1.82) is 0 Å². The second kappa shape index (κ2) is 5.84. The lowest BCUT2D eigenvalue weighted by molar-refractivity contribution is 0.171. The van der Waals surface area contributed by atoms with E-state index in [1.807, 2.05) is 43.7 Å². The molecule has 0 saturated carbocycles. The van der Waals surface area contributed by atoms with Crippen molar-refractivity contribution in [3.8, 4) is 28.7 Å². The van der Waals surface area contributed by atoms with Gasteiger partial charge in [0.05, 0.1) is 19.3 Å². The maximum Gasteiger partial charge on any atom is 0.231 e. The minimum absolute atomic E-state index is 0.183. The van der Waals surface area contributed by atoms with Crippen LogP contribution < -0.4 is 14.2 Å². The van der Waals surface area contributed by atoms with Gasteiger partial charge in [0.15, 0.2) is 11.5 Å². The van der Waals surface area contributed by atoms with E-state index in [0.29, 0.717) is 29.7 Å². The predicted octanol–water partition coefficient (Wildman–Crippen LogP) is 3.25. The van der Waals surface area contributed by atoms with Crippen LogP contribution >= 0.6 is 0 Å². The van der Waals surface area contributed by atoms with Crippen molar-refractivity contribution >= 4 is 0 Å². The highest BCUT2D eigenvalue weighted by atomic mass is 16.7. The number of hydrogen-bond donors (Lipinski definition) is 0. The summed E-state index contributed by atoms with van der Waals surface area (Å²) >= 11 is 0. The summed E-state index contributed by atoms with van der Waals surface area (Å²) in [5.41, 5.74) is 3.70. The van der Waals surface area contributed by atoms with Crippen molar-refractivity contribution < 1.29 is 18.6 Å². The van der Waals surface area contributed by atoms with Crippen LogP contribution in [0.3, 0.4) is 0 Å². The average Bonchev–Trinajstić information content (AvgIpc) is 3.27. The molecule has 0 saturated heterocycles. The standard InChI is InChI=1S/C18H19N3O4/c1-10-5-11(2)21(20-10)8-14-12(3)25-18(19-14)13-6-15(22-4)17-16(7-13)23-9-24-17/h5-7H,8-9H2,1-4H3. The molecule has 0 atom stereocenters. The lowest BCUT2D eigenvalue weighted by atomic mass is 10.2. The molecule has 1 aromatic carbocycles. The first-order valence-electron chi connectivity index (χ1n) is 8.00. The number of benzene rings is 1. The van der Waals surface area contributed by atoms with Crippen LogP contribution in [0.1, 0.15) is 22.8 Å². The van der Waals surface area contributed by atoms with Crippen molar-refractivity contribution in [1.82, 2.24) is 14.8 Å². The summed E-state index contributed by atoms with van der Waals surface area (Å²) in [5, 5.41) is 4.48. The Morgan fingerprint density at radius 3 is 2.72 bits per heavy atom. The maximum atomic E-state index is 5.87. The molecule has 3 heterocycles. The third kappa shape index (κ3) is 2.71. The zero-order valence-electron chi connectivity index (χ0n) is 14.6. The predicted molar refractivity (Wildman–Crippen MR) is 90.2 cm³/mol. The Hall–Kier alpha value is -2.96. The largest absolute Gasteiger partial charge is 0.493 e. The third-order valence-electron chi connectivity index (χ3n) is 4.20. The molecule has 3 aromatic rings. The minimum Gasteiger partial charge on any atom is -0.493 e. The van der Waals surface area contributed by atoms with E-state index < -0.39 is 0 Å². The second-order valence-electron chi connectivity index (χ2n) is 6.02. The van der Waals surface area contributed by atoms with Gasteiger partial charge in [0.2, 0.25) is 18.4 Å². The molecule has 7 nitrogen and oxygen atoms in total. The van der Waals surface area contributed by atoms with E-state index in [4.69, 9.17) is 18.6 Å². The fourth-order valence-corrected chi connectivity index (χ4v) is 2.93. The van der Waals surface area contributed by atoms with Gasteiger partial charge in [0.25, 0.3) is 0 Å². The van der Waals surface area contributed by atoms with Crippen LogP contribution in [0.15, 0.2) is 22.6 Å². The second-order valence-corrected chi connectivity index (χ2v) is 6.02. The first kappa shape index (κ1) is 15.6.